The number of benzene rings is 1. The molecule has 0 aliphatic heterocycles. The number of nitrogens with zero attached hydrogens (tertiary/aromatic N) is 2. The maximum atomic E-state index is 12.0. The van der Waals surface area contributed by atoms with Crippen molar-refractivity contribution in [3.8, 4) is 0 Å². The third-order valence-corrected chi connectivity index (χ3v) is 4.14. The van der Waals surface area contributed by atoms with Crippen molar-refractivity contribution in [2.45, 2.75) is 13.5 Å². The first-order valence-electron chi connectivity index (χ1n) is 5.70. The number of amides is 1. The van der Waals surface area contributed by atoms with E-state index in [0.29, 0.717) is 12.1 Å². The molecule has 0 aliphatic rings. The highest BCUT2D eigenvalue weighted by Gasteiger charge is 2.09. The summed E-state index contributed by atoms with van der Waals surface area (Å²) in [6, 6.07) is 5.10. The molecular weight excluding hydrogens is 346 g/mol. The molecule has 1 heterocycles. The molecule has 2 aromatic rings. The Bertz CT molecular complexity index is 743. The van der Waals surface area contributed by atoms with E-state index in [2.05, 4.69) is 20.9 Å². The SMILES string of the molecule is Cc1cc(C(N)=O)ccc1Cn1cnc(Cl)c(Br)c1=O. The van der Waals surface area contributed by atoms with Crippen molar-refractivity contribution < 1.29 is 4.79 Å². The van der Waals surface area contributed by atoms with E-state index in [9.17, 15) is 9.59 Å². The number of nitrogens with two attached hydrogens (primary N) is 1. The van der Waals surface area contributed by atoms with Crippen LogP contribution in [0.5, 0.6) is 0 Å². The van der Waals surface area contributed by atoms with Gasteiger partial charge in [0.15, 0.2) is 5.15 Å². The zero-order chi connectivity index (χ0) is 14.9. The number of primary amides is 1. The van der Waals surface area contributed by atoms with Crippen LogP contribution in [-0.4, -0.2) is 15.5 Å². The number of halogens is 2. The van der Waals surface area contributed by atoms with Crippen molar-refractivity contribution in [1.29, 1.82) is 0 Å². The van der Waals surface area contributed by atoms with Gasteiger partial charge >= 0.3 is 0 Å². The van der Waals surface area contributed by atoms with E-state index in [-0.39, 0.29) is 15.2 Å². The van der Waals surface area contributed by atoms with Crippen molar-refractivity contribution in [1.82, 2.24) is 9.55 Å². The number of aryl methyl sites for hydroxylation is 1. The molecule has 104 valence electrons. The summed E-state index contributed by atoms with van der Waals surface area (Å²) in [5, 5.41) is 0.132. The first kappa shape index (κ1) is 14.7. The molecule has 7 heteroatoms. The standard InChI is InChI=1S/C13H11BrClN3O2/c1-7-4-8(12(16)19)2-3-9(7)5-18-6-17-11(15)10(14)13(18)20/h2-4,6H,5H2,1H3,(H2,16,19). The average Bonchev–Trinajstić information content (AvgIpc) is 2.41. The Balaban J connectivity index is 2.38. The van der Waals surface area contributed by atoms with Gasteiger partial charge in [-0.1, -0.05) is 17.7 Å². The normalized spacial score (nSPS) is 10.6. The highest BCUT2D eigenvalue weighted by atomic mass is 79.9. The van der Waals surface area contributed by atoms with Gasteiger partial charge in [-0.05, 0) is 46.1 Å². The second-order valence-corrected chi connectivity index (χ2v) is 5.44. The van der Waals surface area contributed by atoms with E-state index in [1.165, 1.54) is 10.9 Å². The van der Waals surface area contributed by atoms with Crippen LogP contribution in [0.25, 0.3) is 0 Å². The van der Waals surface area contributed by atoms with Gasteiger partial charge in [-0.25, -0.2) is 4.98 Å². The lowest BCUT2D eigenvalue weighted by molar-refractivity contribution is 0.1000. The number of aromatic nitrogens is 2. The fourth-order valence-electron chi connectivity index (χ4n) is 1.77. The molecule has 20 heavy (non-hydrogen) atoms. The van der Waals surface area contributed by atoms with Gasteiger partial charge in [-0.2, -0.15) is 0 Å². The summed E-state index contributed by atoms with van der Waals surface area (Å²) < 4.78 is 1.66. The molecule has 1 aromatic carbocycles. The Kier molecular flexibility index (Phi) is 4.25. The summed E-state index contributed by atoms with van der Waals surface area (Å²) >= 11 is 8.86. The first-order chi connectivity index (χ1) is 9.40. The van der Waals surface area contributed by atoms with Gasteiger partial charge in [0.1, 0.15) is 4.47 Å². The number of carbonyl (C=O) groups is 1. The minimum Gasteiger partial charge on any atom is -0.366 e. The van der Waals surface area contributed by atoms with Crippen molar-refractivity contribution in [3.05, 3.63) is 61.2 Å². The molecule has 1 amide bonds. The Labute approximate surface area is 128 Å². The van der Waals surface area contributed by atoms with Gasteiger partial charge in [-0.3, -0.25) is 14.2 Å². The maximum Gasteiger partial charge on any atom is 0.269 e. The zero-order valence-electron chi connectivity index (χ0n) is 10.6. The quantitative estimate of drug-likeness (QED) is 0.856. The van der Waals surface area contributed by atoms with Crippen LogP contribution in [0.3, 0.4) is 0 Å². The minimum absolute atomic E-state index is 0.132. The maximum absolute atomic E-state index is 12.0. The van der Waals surface area contributed by atoms with Crippen LogP contribution in [0.15, 0.2) is 33.8 Å². The van der Waals surface area contributed by atoms with Gasteiger partial charge in [0.2, 0.25) is 5.91 Å². The van der Waals surface area contributed by atoms with Gasteiger partial charge in [-0.15, -0.1) is 0 Å². The van der Waals surface area contributed by atoms with E-state index in [1.807, 2.05) is 6.92 Å². The lowest BCUT2D eigenvalue weighted by Gasteiger charge is -2.10. The molecule has 1 aromatic heterocycles. The molecule has 0 radical (unpaired) electrons. The van der Waals surface area contributed by atoms with E-state index in [1.54, 1.807) is 18.2 Å². The van der Waals surface area contributed by atoms with Crippen LogP contribution in [0.4, 0.5) is 0 Å². The van der Waals surface area contributed by atoms with Crippen LogP contribution < -0.4 is 11.3 Å². The van der Waals surface area contributed by atoms with Crippen LogP contribution in [0.1, 0.15) is 21.5 Å². The van der Waals surface area contributed by atoms with E-state index >= 15 is 0 Å². The Morgan fingerprint density at radius 3 is 2.80 bits per heavy atom. The summed E-state index contributed by atoms with van der Waals surface area (Å²) in [4.78, 5) is 27.0. The Morgan fingerprint density at radius 1 is 1.50 bits per heavy atom. The van der Waals surface area contributed by atoms with E-state index in [4.69, 9.17) is 17.3 Å². The predicted molar refractivity (Wildman–Crippen MR) is 80.0 cm³/mol. The third kappa shape index (κ3) is 2.91. The molecule has 2 N–H and O–H groups in total. The molecule has 2 rings (SSSR count). The summed E-state index contributed by atoms with van der Waals surface area (Å²) in [5.41, 5.74) is 7.17. The molecule has 0 bridgehead atoms. The zero-order valence-corrected chi connectivity index (χ0v) is 12.9. The number of hydrogen-bond donors (Lipinski definition) is 1. The molecule has 0 unspecified atom stereocenters. The van der Waals surface area contributed by atoms with Crippen molar-refractivity contribution in [3.63, 3.8) is 0 Å². The monoisotopic (exact) mass is 355 g/mol. The van der Waals surface area contributed by atoms with Gasteiger partial charge in [0.05, 0.1) is 12.9 Å². The number of rotatable bonds is 3. The Hall–Kier alpha value is -1.66. The van der Waals surface area contributed by atoms with Crippen LogP contribution in [0.2, 0.25) is 5.15 Å². The molecule has 0 fully saturated rings. The fourth-order valence-corrected chi connectivity index (χ4v) is 2.22. The topological polar surface area (TPSA) is 78.0 Å². The van der Waals surface area contributed by atoms with E-state index in [0.717, 1.165) is 11.1 Å². The third-order valence-electron chi connectivity index (χ3n) is 2.91. The molecule has 0 saturated heterocycles. The molecule has 0 saturated carbocycles. The highest BCUT2D eigenvalue weighted by molar-refractivity contribution is 9.10. The van der Waals surface area contributed by atoms with E-state index < -0.39 is 5.91 Å². The molecule has 0 aliphatic carbocycles. The molecule has 5 nitrogen and oxygen atoms in total. The highest BCUT2D eigenvalue weighted by Crippen LogP contribution is 2.15. The summed E-state index contributed by atoms with van der Waals surface area (Å²) in [7, 11) is 0. The lowest BCUT2D eigenvalue weighted by Crippen LogP contribution is -2.22. The smallest absolute Gasteiger partial charge is 0.269 e. The summed E-state index contributed by atoms with van der Waals surface area (Å²) in [6.45, 7) is 2.19. The fraction of sp³-hybridized carbons (Fsp3) is 0.154. The second kappa shape index (κ2) is 5.76. The Morgan fingerprint density at radius 2 is 2.20 bits per heavy atom. The second-order valence-electron chi connectivity index (χ2n) is 4.29. The minimum atomic E-state index is -0.479. The number of carbonyl (C=O) groups excluding carboxylic acids is 1. The van der Waals surface area contributed by atoms with Crippen LogP contribution in [0, 0.1) is 6.92 Å². The summed E-state index contributed by atoms with van der Waals surface area (Å²) in [6.07, 6.45) is 1.39. The van der Waals surface area contributed by atoms with Gasteiger partial charge in [0, 0.05) is 5.56 Å². The molecule has 0 spiro atoms. The van der Waals surface area contributed by atoms with Crippen LogP contribution in [-0.2, 0) is 6.54 Å². The van der Waals surface area contributed by atoms with Gasteiger partial charge < -0.3 is 5.73 Å². The lowest BCUT2D eigenvalue weighted by atomic mass is 10.0. The van der Waals surface area contributed by atoms with Crippen LogP contribution >= 0.6 is 27.5 Å². The summed E-state index contributed by atoms with van der Waals surface area (Å²) in [5.74, 6) is -0.479. The molecule has 0 atom stereocenters. The molecular formula is C13H11BrClN3O2. The largest absolute Gasteiger partial charge is 0.366 e. The predicted octanol–water partition coefficient (Wildman–Crippen LogP) is 2.11. The van der Waals surface area contributed by atoms with Crippen molar-refractivity contribution in [2.24, 2.45) is 5.73 Å². The van der Waals surface area contributed by atoms with Crippen molar-refractivity contribution >= 4 is 33.4 Å². The average molecular weight is 357 g/mol. The number of hydrogen-bond acceptors (Lipinski definition) is 3. The van der Waals surface area contributed by atoms with Gasteiger partial charge in [0.25, 0.3) is 5.56 Å². The first-order valence-corrected chi connectivity index (χ1v) is 6.87. The van der Waals surface area contributed by atoms with Crippen molar-refractivity contribution in [2.75, 3.05) is 0 Å².